The van der Waals surface area contributed by atoms with Crippen LogP contribution in [0.3, 0.4) is 0 Å². The molecule has 0 aliphatic heterocycles. The molecule has 1 N–H and O–H groups in total. The molecule has 88 valence electrons. The summed E-state index contributed by atoms with van der Waals surface area (Å²) < 4.78 is 0. The first-order valence-electron chi connectivity index (χ1n) is 5.70. The van der Waals surface area contributed by atoms with E-state index in [-0.39, 0.29) is 0 Å². The molecule has 0 aliphatic rings. The molecule has 1 aromatic rings. The van der Waals surface area contributed by atoms with E-state index in [0.717, 1.165) is 31.5 Å². The van der Waals surface area contributed by atoms with E-state index in [1.54, 1.807) is 0 Å². The summed E-state index contributed by atoms with van der Waals surface area (Å²) in [7, 11) is 0. The van der Waals surface area contributed by atoms with Gasteiger partial charge in [-0.2, -0.15) is 5.21 Å². The van der Waals surface area contributed by atoms with Crippen LogP contribution in [0.2, 0.25) is 0 Å². The Bertz CT molecular complexity index is 345. The van der Waals surface area contributed by atoms with Gasteiger partial charge in [-0.3, -0.25) is 0 Å². The van der Waals surface area contributed by atoms with E-state index in [2.05, 4.69) is 53.5 Å². The predicted molar refractivity (Wildman–Crippen MR) is 64.9 cm³/mol. The molecule has 0 radical (unpaired) electrons. The van der Waals surface area contributed by atoms with Crippen molar-refractivity contribution in [1.82, 2.24) is 20.6 Å². The molecular weight excluding hydrogens is 200 g/mol. The first-order chi connectivity index (χ1) is 7.68. The second kappa shape index (κ2) is 6.93. The van der Waals surface area contributed by atoms with Crippen molar-refractivity contribution < 1.29 is 0 Å². The number of hydrogen-bond acceptors (Lipinski definition) is 3. The standard InChI is InChI=1S/C12H20N4/c1-10(2)6-4-7-11(3)8-5-9-12-13-15-16-14-12/h6,8H,4-5,7,9H2,1-3H3,(H,13,14,15,16)/b11-8+. The van der Waals surface area contributed by atoms with Crippen molar-refractivity contribution in [2.45, 2.75) is 46.5 Å². The number of H-pyrrole nitrogens is 1. The molecule has 0 fully saturated rings. The van der Waals surface area contributed by atoms with Crippen LogP contribution in [0.5, 0.6) is 0 Å². The summed E-state index contributed by atoms with van der Waals surface area (Å²) in [5.41, 5.74) is 2.82. The van der Waals surface area contributed by atoms with Crippen molar-refractivity contribution >= 4 is 0 Å². The molecule has 0 aromatic carbocycles. The number of tetrazole rings is 1. The molecule has 0 saturated carbocycles. The highest BCUT2D eigenvalue weighted by molar-refractivity contribution is 5.02. The van der Waals surface area contributed by atoms with Crippen molar-refractivity contribution in [2.75, 3.05) is 0 Å². The fourth-order valence-corrected chi connectivity index (χ4v) is 1.43. The zero-order chi connectivity index (χ0) is 11.8. The quantitative estimate of drug-likeness (QED) is 0.750. The van der Waals surface area contributed by atoms with Gasteiger partial charge in [0.25, 0.3) is 0 Å². The molecule has 0 spiro atoms. The van der Waals surface area contributed by atoms with Gasteiger partial charge in [-0.1, -0.05) is 28.5 Å². The van der Waals surface area contributed by atoms with Crippen LogP contribution >= 0.6 is 0 Å². The highest BCUT2D eigenvalue weighted by atomic mass is 15.5. The summed E-state index contributed by atoms with van der Waals surface area (Å²) in [5.74, 6) is 0.786. The van der Waals surface area contributed by atoms with Gasteiger partial charge >= 0.3 is 0 Å². The molecule has 0 bridgehead atoms. The molecule has 4 nitrogen and oxygen atoms in total. The maximum atomic E-state index is 3.91. The Morgan fingerprint density at radius 3 is 2.62 bits per heavy atom. The SMILES string of the molecule is CC(C)=CCC/C(C)=C/CCc1nn[nH]n1. The molecule has 16 heavy (non-hydrogen) atoms. The minimum absolute atomic E-state index is 0.786. The second-order valence-electron chi connectivity index (χ2n) is 4.24. The number of allylic oxidation sites excluding steroid dienone is 4. The van der Waals surface area contributed by atoms with E-state index >= 15 is 0 Å². The van der Waals surface area contributed by atoms with E-state index in [1.807, 2.05) is 0 Å². The summed E-state index contributed by atoms with van der Waals surface area (Å²) in [5, 5.41) is 13.8. The maximum absolute atomic E-state index is 3.91. The van der Waals surface area contributed by atoms with Crippen LogP contribution in [0.1, 0.15) is 45.9 Å². The second-order valence-corrected chi connectivity index (χ2v) is 4.24. The average Bonchev–Trinajstić information content (AvgIpc) is 2.70. The van der Waals surface area contributed by atoms with Gasteiger partial charge < -0.3 is 0 Å². The Balaban J connectivity index is 2.21. The van der Waals surface area contributed by atoms with E-state index in [0.29, 0.717) is 0 Å². The largest absolute Gasteiger partial charge is 0.177 e. The number of aryl methyl sites for hydroxylation is 1. The molecule has 0 aliphatic carbocycles. The lowest BCUT2D eigenvalue weighted by Crippen LogP contribution is -1.87. The Labute approximate surface area is 96.8 Å². The van der Waals surface area contributed by atoms with Crippen LogP contribution < -0.4 is 0 Å². The van der Waals surface area contributed by atoms with Crippen LogP contribution in [0, 0.1) is 0 Å². The van der Waals surface area contributed by atoms with Gasteiger partial charge in [0.1, 0.15) is 0 Å². The molecule has 1 aromatic heterocycles. The maximum Gasteiger partial charge on any atom is 0.174 e. The number of nitrogens with one attached hydrogen (secondary N) is 1. The topological polar surface area (TPSA) is 54.5 Å². The Hall–Kier alpha value is -1.45. The molecule has 0 saturated heterocycles. The number of aromatic amines is 1. The minimum atomic E-state index is 0.786. The third-order valence-corrected chi connectivity index (χ3v) is 2.34. The van der Waals surface area contributed by atoms with E-state index in [4.69, 9.17) is 0 Å². The van der Waals surface area contributed by atoms with E-state index in [1.165, 1.54) is 11.1 Å². The third-order valence-electron chi connectivity index (χ3n) is 2.34. The zero-order valence-corrected chi connectivity index (χ0v) is 10.3. The fraction of sp³-hybridized carbons (Fsp3) is 0.583. The van der Waals surface area contributed by atoms with Crippen molar-refractivity contribution in [1.29, 1.82) is 0 Å². The smallest absolute Gasteiger partial charge is 0.174 e. The first-order valence-corrected chi connectivity index (χ1v) is 5.70. The summed E-state index contributed by atoms with van der Waals surface area (Å²) in [4.78, 5) is 0. The van der Waals surface area contributed by atoms with Crippen LogP contribution in [-0.4, -0.2) is 20.6 Å². The third kappa shape index (κ3) is 5.44. The molecule has 0 atom stereocenters. The molecule has 1 heterocycles. The van der Waals surface area contributed by atoms with Gasteiger partial charge in [0.05, 0.1) is 0 Å². The number of rotatable bonds is 6. The predicted octanol–water partition coefficient (Wildman–Crippen LogP) is 2.83. The van der Waals surface area contributed by atoms with Crippen molar-refractivity contribution in [2.24, 2.45) is 0 Å². The van der Waals surface area contributed by atoms with Crippen LogP contribution in [0.25, 0.3) is 0 Å². The Morgan fingerprint density at radius 1 is 1.19 bits per heavy atom. The molecular formula is C12H20N4. The Morgan fingerprint density at radius 2 is 2.00 bits per heavy atom. The van der Waals surface area contributed by atoms with Gasteiger partial charge in [-0.25, -0.2) is 0 Å². The van der Waals surface area contributed by atoms with Crippen LogP contribution in [0.15, 0.2) is 23.3 Å². The zero-order valence-electron chi connectivity index (χ0n) is 10.3. The highest BCUT2D eigenvalue weighted by Gasteiger charge is 1.95. The summed E-state index contributed by atoms with van der Waals surface area (Å²) in [6, 6.07) is 0. The summed E-state index contributed by atoms with van der Waals surface area (Å²) >= 11 is 0. The fourth-order valence-electron chi connectivity index (χ4n) is 1.43. The van der Waals surface area contributed by atoms with Gasteiger partial charge in [-0.05, 0) is 40.0 Å². The van der Waals surface area contributed by atoms with E-state index in [9.17, 15) is 0 Å². The van der Waals surface area contributed by atoms with Crippen LogP contribution in [-0.2, 0) is 6.42 Å². The van der Waals surface area contributed by atoms with Crippen molar-refractivity contribution in [3.05, 3.63) is 29.1 Å². The first kappa shape index (κ1) is 12.6. The molecule has 1 rings (SSSR count). The van der Waals surface area contributed by atoms with Crippen molar-refractivity contribution in [3.63, 3.8) is 0 Å². The lowest BCUT2D eigenvalue weighted by atomic mass is 10.1. The monoisotopic (exact) mass is 220 g/mol. The van der Waals surface area contributed by atoms with Gasteiger partial charge in [0.15, 0.2) is 5.82 Å². The number of hydrogen-bond donors (Lipinski definition) is 1. The summed E-state index contributed by atoms with van der Waals surface area (Å²) in [6.07, 6.45) is 8.65. The Kier molecular flexibility index (Phi) is 5.46. The normalized spacial score (nSPS) is 11.6. The van der Waals surface area contributed by atoms with Gasteiger partial charge in [-0.15, -0.1) is 10.2 Å². The summed E-state index contributed by atoms with van der Waals surface area (Å²) in [6.45, 7) is 6.44. The van der Waals surface area contributed by atoms with Gasteiger partial charge in [0, 0.05) is 6.42 Å². The number of aromatic nitrogens is 4. The highest BCUT2D eigenvalue weighted by Crippen LogP contribution is 2.08. The lowest BCUT2D eigenvalue weighted by Gasteiger charge is -1.98. The van der Waals surface area contributed by atoms with Crippen molar-refractivity contribution in [3.8, 4) is 0 Å². The number of nitrogens with zero attached hydrogens (tertiary/aromatic N) is 3. The molecule has 4 heteroatoms. The van der Waals surface area contributed by atoms with E-state index < -0.39 is 0 Å². The van der Waals surface area contributed by atoms with Gasteiger partial charge in [0.2, 0.25) is 0 Å². The average molecular weight is 220 g/mol. The molecule has 0 amide bonds. The minimum Gasteiger partial charge on any atom is -0.177 e. The lowest BCUT2D eigenvalue weighted by molar-refractivity contribution is 0.867. The molecule has 0 unspecified atom stereocenters. The van der Waals surface area contributed by atoms with Crippen LogP contribution in [0.4, 0.5) is 0 Å².